The van der Waals surface area contributed by atoms with Crippen LogP contribution in [0.2, 0.25) is 5.02 Å². The zero-order valence-corrected chi connectivity index (χ0v) is 15.6. The van der Waals surface area contributed by atoms with Crippen LogP contribution in [-0.2, 0) is 0 Å². The average molecular weight is 398 g/mol. The van der Waals surface area contributed by atoms with E-state index in [9.17, 15) is 4.79 Å². The largest absolute Gasteiger partial charge is 0.395 e. The number of aromatic nitrogens is 4. The first-order valence-corrected chi connectivity index (χ1v) is 8.93. The van der Waals surface area contributed by atoms with Crippen molar-refractivity contribution in [1.82, 2.24) is 25.5 Å². The van der Waals surface area contributed by atoms with Gasteiger partial charge in [-0.1, -0.05) is 22.0 Å². The van der Waals surface area contributed by atoms with E-state index in [0.717, 1.165) is 16.6 Å². The maximum absolute atomic E-state index is 12.1. The van der Waals surface area contributed by atoms with Crippen LogP contribution in [-0.4, -0.2) is 44.3 Å². The van der Waals surface area contributed by atoms with Gasteiger partial charge in [0.1, 0.15) is 5.52 Å². The van der Waals surface area contributed by atoms with E-state index in [1.165, 1.54) is 0 Å². The lowest BCUT2D eigenvalue weighted by Gasteiger charge is -2.05. The summed E-state index contributed by atoms with van der Waals surface area (Å²) in [6, 6.07) is 12.8. The molecule has 0 radical (unpaired) electrons. The average Bonchev–Trinajstić information content (AvgIpc) is 3.30. The second-order valence-electron chi connectivity index (χ2n) is 6.13. The Bertz CT molecular complexity index is 1150. The normalized spacial score (nSPS) is 11.1. The standard InChI is InChI=1S/C19H16ClN5O3/c1-11-17(19(27)21-8-9-26)22-24-25(11)14-6-7-16-15(10-14)18(28-23-16)12-2-4-13(20)5-3-12/h2-7,10,26H,8-9H2,1H3,(H,21,27). The summed E-state index contributed by atoms with van der Waals surface area (Å²) in [7, 11) is 0. The molecule has 4 aromatic rings. The molecule has 4 rings (SSSR count). The minimum atomic E-state index is -0.384. The SMILES string of the molecule is Cc1c(C(=O)NCCO)nnn1-c1ccc2noc(-c3ccc(Cl)cc3)c2c1. The van der Waals surface area contributed by atoms with Crippen molar-refractivity contribution in [2.24, 2.45) is 0 Å². The van der Waals surface area contributed by atoms with Crippen LogP contribution in [0.15, 0.2) is 47.0 Å². The van der Waals surface area contributed by atoms with E-state index < -0.39 is 0 Å². The Hall–Kier alpha value is -3.23. The number of amides is 1. The number of carbonyl (C=O) groups is 1. The van der Waals surface area contributed by atoms with Crippen molar-refractivity contribution in [3.8, 4) is 17.0 Å². The van der Waals surface area contributed by atoms with Crippen molar-refractivity contribution >= 4 is 28.4 Å². The molecule has 0 unspecified atom stereocenters. The molecule has 0 aliphatic rings. The monoisotopic (exact) mass is 397 g/mol. The minimum Gasteiger partial charge on any atom is -0.395 e. The highest BCUT2D eigenvalue weighted by Gasteiger charge is 2.18. The first-order chi connectivity index (χ1) is 13.6. The molecule has 0 saturated heterocycles. The predicted molar refractivity (Wildman–Crippen MR) is 104 cm³/mol. The molecule has 28 heavy (non-hydrogen) atoms. The van der Waals surface area contributed by atoms with Crippen molar-refractivity contribution in [3.63, 3.8) is 0 Å². The van der Waals surface area contributed by atoms with Crippen LogP contribution in [0.4, 0.5) is 0 Å². The van der Waals surface area contributed by atoms with Crippen LogP contribution in [0.1, 0.15) is 16.2 Å². The van der Waals surface area contributed by atoms with Gasteiger partial charge < -0.3 is 14.9 Å². The number of fused-ring (bicyclic) bond motifs is 1. The van der Waals surface area contributed by atoms with E-state index in [4.69, 9.17) is 21.2 Å². The third-order valence-corrected chi connectivity index (χ3v) is 4.57. The van der Waals surface area contributed by atoms with Crippen LogP contribution in [0.3, 0.4) is 0 Å². The van der Waals surface area contributed by atoms with Gasteiger partial charge >= 0.3 is 0 Å². The molecule has 2 aromatic carbocycles. The lowest BCUT2D eigenvalue weighted by atomic mass is 10.1. The van der Waals surface area contributed by atoms with Crippen LogP contribution in [0.25, 0.3) is 27.9 Å². The summed E-state index contributed by atoms with van der Waals surface area (Å²) in [6.07, 6.45) is 0. The fraction of sp³-hybridized carbons (Fsp3) is 0.158. The van der Waals surface area contributed by atoms with Gasteiger partial charge in [0.25, 0.3) is 5.91 Å². The second-order valence-corrected chi connectivity index (χ2v) is 6.57. The van der Waals surface area contributed by atoms with Crippen molar-refractivity contribution in [2.45, 2.75) is 6.92 Å². The fourth-order valence-electron chi connectivity index (χ4n) is 2.91. The number of halogens is 1. The number of rotatable bonds is 5. The van der Waals surface area contributed by atoms with E-state index in [1.807, 2.05) is 30.3 Å². The molecule has 142 valence electrons. The van der Waals surface area contributed by atoms with Gasteiger partial charge in [0.2, 0.25) is 0 Å². The molecule has 9 heteroatoms. The highest BCUT2D eigenvalue weighted by atomic mass is 35.5. The number of nitrogens with zero attached hydrogens (tertiary/aromatic N) is 4. The van der Waals surface area contributed by atoms with E-state index >= 15 is 0 Å². The molecule has 2 aromatic heterocycles. The van der Waals surface area contributed by atoms with Crippen LogP contribution in [0, 0.1) is 6.92 Å². The van der Waals surface area contributed by atoms with Crippen molar-refractivity contribution in [2.75, 3.05) is 13.2 Å². The number of aliphatic hydroxyl groups excluding tert-OH is 1. The number of benzene rings is 2. The maximum atomic E-state index is 12.1. The molecule has 0 aliphatic carbocycles. The van der Waals surface area contributed by atoms with Crippen molar-refractivity contribution in [1.29, 1.82) is 0 Å². The van der Waals surface area contributed by atoms with Crippen LogP contribution < -0.4 is 5.32 Å². The Morgan fingerprint density at radius 3 is 2.79 bits per heavy atom. The van der Waals surface area contributed by atoms with Crippen molar-refractivity contribution < 1.29 is 14.4 Å². The quantitative estimate of drug-likeness (QED) is 0.536. The fourth-order valence-corrected chi connectivity index (χ4v) is 3.03. The molecule has 2 heterocycles. The molecular formula is C19H16ClN5O3. The second kappa shape index (κ2) is 7.41. The van der Waals surface area contributed by atoms with Gasteiger partial charge in [-0.15, -0.1) is 5.10 Å². The maximum Gasteiger partial charge on any atom is 0.273 e. The highest BCUT2D eigenvalue weighted by Crippen LogP contribution is 2.31. The topological polar surface area (TPSA) is 106 Å². The molecule has 1 amide bonds. The zero-order chi connectivity index (χ0) is 19.7. The van der Waals surface area contributed by atoms with Crippen LogP contribution in [0.5, 0.6) is 0 Å². The van der Waals surface area contributed by atoms with Gasteiger partial charge in [0.15, 0.2) is 11.5 Å². The van der Waals surface area contributed by atoms with Gasteiger partial charge in [0.05, 0.1) is 23.4 Å². The summed E-state index contributed by atoms with van der Waals surface area (Å²) >= 11 is 5.96. The predicted octanol–water partition coefficient (Wildman–Crippen LogP) is 2.76. The number of hydrogen-bond donors (Lipinski definition) is 2. The van der Waals surface area contributed by atoms with Crippen molar-refractivity contribution in [3.05, 3.63) is 58.9 Å². The third-order valence-electron chi connectivity index (χ3n) is 4.32. The number of hydrogen-bond acceptors (Lipinski definition) is 6. The van der Waals surface area contributed by atoms with Crippen LogP contribution >= 0.6 is 11.6 Å². The molecule has 8 nitrogen and oxygen atoms in total. The number of nitrogens with one attached hydrogen (secondary N) is 1. The van der Waals surface area contributed by atoms with Gasteiger partial charge in [-0.05, 0) is 49.4 Å². The molecule has 0 spiro atoms. The Balaban J connectivity index is 1.74. The first-order valence-electron chi connectivity index (χ1n) is 8.55. The molecule has 2 N–H and O–H groups in total. The third kappa shape index (κ3) is 3.23. The molecule has 0 fully saturated rings. The Kier molecular flexibility index (Phi) is 4.81. The Morgan fingerprint density at radius 2 is 2.04 bits per heavy atom. The van der Waals surface area contributed by atoms with Gasteiger partial charge in [-0.2, -0.15) is 0 Å². The summed E-state index contributed by atoms with van der Waals surface area (Å²) in [5.41, 5.74) is 3.06. The summed E-state index contributed by atoms with van der Waals surface area (Å²) < 4.78 is 7.10. The minimum absolute atomic E-state index is 0.142. The molecule has 0 atom stereocenters. The molecule has 0 aliphatic heterocycles. The highest BCUT2D eigenvalue weighted by molar-refractivity contribution is 6.30. The molecule has 0 bridgehead atoms. The van der Waals surface area contributed by atoms with E-state index in [0.29, 0.717) is 22.0 Å². The molecular weight excluding hydrogens is 382 g/mol. The lowest BCUT2D eigenvalue weighted by molar-refractivity contribution is 0.0939. The zero-order valence-electron chi connectivity index (χ0n) is 14.9. The number of aliphatic hydroxyl groups is 1. The van der Waals surface area contributed by atoms with E-state index in [-0.39, 0.29) is 24.8 Å². The number of carbonyl (C=O) groups excluding carboxylic acids is 1. The van der Waals surface area contributed by atoms with Gasteiger partial charge in [-0.3, -0.25) is 4.79 Å². The Labute approximate surface area is 164 Å². The molecule has 0 saturated carbocycles. The summed E-state index contributed by atoms with van der Waals surface area (Å²) in [6.45, 7) is 1.77. The summed E-state index contributed by atoms with van der Waals surface area (Å²) in [5, 5.41) is 25.0. The van der Waals surface area contributed by atoms with E-state index in [2.05, 4.69) is 20.8 Å². The first kappa shape index (κ1) is 18.1. The summed E-state index contributed by atoms with van der Waals surface area (Å²) in [5.74, 6) is 0.234. The summed E-state index contributed by atoms with van der Waals surface area (Å²) in [4.78, 5) is 12.1. The smallest absolute Gasteiger partial charge is 0.273 e. The Morgan fingerprint density at radius 1 is 1.25 bits per heavy atom. The van der Waals surface area contributed by atoms with Gasteiger partial charge in [0, 0.05) is 17.1 Å². The van der Waals surface area contributed by atoms with E-state index in [1.54, 1.807) is 23.7 Å². The lowest BCUT2D eigenvalue weighted by Crippen LogP contribution is -2.27. The van der Waals surface area contributed by atoms with Gasteiger partial charge in [-0.25, -0.2) is 4.68 Å².